The Balaban J connectivity index is 2.23. The Hall–Kier alpha value is -1.10. The van der Waals surface area contributed by atoms with Crippen LogP contribution in [0.1, 0.15) is 25.7 Å². The first kappa shape index (κ1) is 6.60. The van der Waals surface area contributed by atoms with Crippen molar-refractivity contribution in [1.82, 2.24) is 0 Å². The maximum atomic E-state index is 8.84. The van der Waals surface area contributed by atoms with Crippen molar-refractivity contribution >= 4 is 6.21 Å². The molecule has 0 saturated heterocycles. The van der Waals surface area contributed by atoms with Gasteiger partial charge in [-0.1, -0.05) is 6.08 Å². The first-order valence-corrected chi connectivity index (χ1v) is 4.02. The minimum atomic E-state index is -0.170. The monoisotopic (exact) mass is 146 g/mol. The molecular formula is C9H10N2. The van der Waals surface area contributed by atoms with Crippen LogP contribution in [0.4, 0.5) is 0 Å². The number of allylic oxidation sites excluding steroid dienone is 2. The Morgan fingerprint density at radius 3 is 2.73 bits per heavy atom. The largest absolute Gasteiger partial charge is 0.264 e. The molecule has 2 rings (SSSR count). The van der Waals surface area contributed by atoms with Crippen molar-refractivity contribution in [3.8, 4) is 6.07 Å². The third-order valence-electron chi connectivity index (χ3n) is 2.32. The molecule has 0 aromatic heterocycles. The molecule has 0 aromatic carbocycles. The molecule has 0 unspecified atom stereocenters. The van der Waals surface area contributed by atoms with Gasteiger partial charge in [0.25, 0.3) is 0 Å². The SMILES string of the molecule is N#CC1(C2=CCCC=N2)CC1. The van der Waals surface area contributed by atoms with E-state index in [-0.39, 0.29) is 5.41 Å². The summed E-state index contributed by atoms with van der Waals surface area (Å²) in [4.78, 5) is 4.25. The number of nitriles is 1. The highest BCUT2D eigenvalue weighted by molar-refractivity contribution is 5.62. The molecule has 1 saturated carbocycles. The Bertz CT molecular complexity index is 264. The van der Waals surface area contributed by atoms with E-state index >= 15 is 0 Å². The number of hydrogen-bond acceptors (Lipinski definition) is 2. The summed E-state index contributed by atoms with van der Waals surface area (Å²) in [5.41, 5.74) is 0.850. The van der Waals surface area contributed by atoms with Crippen LogP contribution in [-0.4, -0.2) is 6.21 Å². The van der Waals surface area contributed by atoms with E-state index in [0.717, 1.165) is 31.4 Å². The fourth-order valence-electron chi connectivity index (χ4n) is 1.38. The van der Waals surface area contributed by atoms with Gasteiger partial charge in [0.05, 0.1) is 17.2 Å². The zero-order valence-corrected chi connectivity index (χ0v) is 6.38. The summed E-state index contributed by atoms with van der Waals surface area (Å²) in [5, 5.41) is 8.84. The van der Waals surface area contributed by atoms with Gasteiger partial charge in [0, 0.05) is 6.21 Å². The number of nitrogens with zero attached hydrogens (tertiary/aromatic N) is 2. The van der Waals surface area contributed by atoms with E-state index < -0.39 is 0 Å². The molecule has 1 aliphatic heterocycles. The van der Waals surface area contributed by atoms with Gasteiger partial charge in [-0.15, -0.1) is 0 Å². The van der Waals surface area contributed by atoms with E-state index in [1.807, 2.05) is 6.21 Å². The van der Waals surface area contributed by atoms with Gasteiger partial charge in [0.1, 0.15) is 0 Å². The fraction of sp³-hybridized carbons (Fsp3) is 0.556. The lowest BCUT2D eigenvalue weighted by atomic mass is 10.0. The van der Waals surface area contributed by atoms with Gasteiger partial charge in [-0.2, -0.15) is 5.26 Å². The van der Waals surface area contributed by atoms with Crippen molar-refractivity contribution in [2.45, 2.75) is 25.7 Å². The van der Waals surface area contributed by atoms with Crippen LogP contribution in [-0.2, 0) is 0 Å². The molecule has 0 atom stereocenters. The smallest absolute Gasteiger partial charge is 0.0991 e. The van der Waals surface area contributed by atoms with Crippen LogP contribution < -0.4 is 0 Å². The summed E-state index contributed by atoms with van der Waals surface area (Å²) >= 11 is 0. The third kappa shape index (κ3) is 0.970. The second kappa shape index (κ2) is 2.20. The highest BCUT2D eigenvalue weighted by atomic mass is 14.8. The van der Waals surface area contributed by atoms with Crippen LogP contribution in [0.15, 0.2) is 16.8 Å². The predicted molar refractivity (Wildman–Crippen MR) is 43.1 cm³/mol. The molecule has 11 heavy (non-hydrogen) atoms. The summed E-state index contributed by atoms with van der Waals surface area (Å²) < 4.78 is 0. The maximum Gasteiger partial charge on any atom is 0.0991 e. The van der Waals surface area contributed by atoms with Gasteiger partial charge in [0.2, 0.25) is 0 Å². The Morgan fingerprint density at radius 2 is 2.27 bits per heavy atom. The van der Waals surface area contributed by atoms with Crippen LogP contribution in [0.5, 0.6) is 0 Å². The Kier molecular flexibility index (Phi) is 1.32. The molecule has 2 heteroatoms. The van der Waals surface area contributed by atoms with Gasteiger partial charge in [-0.05, 0) is 25.7 Å². The third-order valence-corrected chi connectivity index (χ3v) is 2.32. The summed E-state index contributed by atoms with van der Waals surface area (Å²) in [6.45, 7) is 0. The molecule has 0 bridgehead atoms. The number of hydrogen-bond donors (Lipinski definition) is 0. The number of rotatable bonds is 1. The summed E-state index contributed by atoms with van der Waals surface area (Å²) in [6, 6.07) is 2.34. The number of aliphatic imine (C=N–C) groups is 1. The van der Waals surface area contributed by atoms with Crippen LogP contribution in [0.2, 0.25) is 0 Å². The zero-order chi connectivity index (χ0) is 7.73. The van der Waals surface area contributed by atoms with Crippen molar-refractivity contribution in [2.24, 2.45) is 10.4 Å². The second-order valence-corrected chi connectivity index (χ2v) is 3.17. The normalized spacial score (nSPS) is 25.5. The molecule has 0 spiro atoms. The first-order valence-electron chi connectivity index (χ1n) is 4.02. The average molecular weight is 146 g/mol. The van der Waals surface area contributed by atoms with Gasteiger partial charge in [-0.3, -0.25) is 4.99 Å². The fourth-order valence-corrected chi connectivity index (χ4v) is 1.38. The predicted octanol–water partition coefficient (Wildman–Crippen LogP) is 2.04. The Labute approximate surface area is 66.2 Å². The lowest BCUT2D eigenvalue weighted by Gasteiger charge is -2.09. The molecule has 0 radical (unpaired) electrons. The van der Waals surface area contributed by atoms with Crippen molar-refractivity contribution in [2.75, 3.05) is 0 Å². The molecular weight excluding hydrogens is 136 g/mol. The molecule has 1 fully saturated rings. The molecule has 1 heterocycles. The summed E-state index contributed by atoms with van der Waals surface area (Å²) in [5.74, 6) is 0. The van der Waals surface area contributed by atoms with E-state index in [2.05, 4.69) is 17.1 Å². The zero-order valence-electron chi connectivity index (χ0n) is 6.38. The van der Waals surface area contributed by atoms with Gasteiger partial charge in [-0.25, -0.2) is 0 Å². The standard InChI is InChI=1S/C9H10N2/c10-7-9(4-5-9)8-3-1-2-6-11-8/h3,6H,1-2,4-5H2. The molecule has 56 valence electrons. The molecule has 0 aromatic rings. The molecule has 1 aliphatic carbocycles. The maximum absolute atomic E-state index is 8.84. The minimum Gasteiger partial charge on any atom is -0.264 e. The highest BCUT2D eigenvalue weighted by Gasteiger charge is 2.47. The Morgan fingerprint density at radius 1 is 1.45 bits per heavy atom. The van der Waals surface area contributed by atoms with Crippen molar-refractivity contribution in [3.05, 3.63) is 11.8 Å². The van der Waals surface area contributed by atoms with Gasteiger partial charge < -0.3 is 0 Å². The quantitative estimate of drug-likeness (QED) is 0.557. The van der Waals surface area contributed by atoms with Crippen molar-refractivity contribution < 1.29 is 0 Å². The first-order chi connectivity index (χ1) is 5.37. The molecule has 2 aliphatic rings. The van der Waals surface area contributed by atoms with Crippen LogP contribution in [0, 0.1) is 16.7 Å². The lowest BCUT2D eigenvalue weighted by Crippen LogP contribution is -2.02. The average Bonchev–Trinajstić information content (AvgIpc) is 2.86. The van der Waals surface area contributed by atoms with Crippen LogP contribution in [0.3, 0.4) is 0 Å². The van der Waals surface area contributed by atoms with Crippen molar-refractivity contribution in [1.29, 1.82) is 5.26 Å². The van der Waals surface area contributed by atoms with Crippen LogP contribution in [0.25, 0.3) is 0 Å². The lowest BCUT2D eigenvalue weighted by molar-refractivity contribution is 0.770. The molecule has 2 nitrogen and oxygen atoms in total. The van der Waals surface area contributed by atoms with E-state index in [1.165, 1.54) is 0 Å². The minimum absolute atomic E-state index is 0.170. The topological polar surface area (TPSA) is 36.1 Å². The molecule has 0 amide bonds. The van der Waals surface area contributed by atoms with E-state index in [0.29, 0.717) is 0 Å². The van der Waals surface area contributed by atoms with Crippen LogP contribution >= 0.6 is 0 Å². The van der Waals surface area contributed by atoms with E-state index in [9.17, 15) is 0 Å². The van der Waals surface area contributed by atoms with Gasteiger partial charge >= 0.3 is 0 Å². The van der Waals surface area contributed by atoms with Gasteiger partial charge in [0.15, 0.2) is 0 Å². The summed E-state index contributed by atoms with van der Waals surface area (Å²) in [7, 11) is 0. The van der Waals surface area contributed by atoms with Crippen molar-refractivity contribution in [3.63, 3.8) is 0 Å². The second-order valence-electron chi connectivity index (χ2n) is 3.17. The summed E-state index contributed by atoms with van der Waals surface area (Å²) in [6.07, 6.45) is 8.13. The molecule has 0 N–H and O–H groups in total. The van der Waals surface area contributed by atoms with E-state index in [4.69, 9.17) is 5.26 Å². The van der Waals surface area contributed by atoms with E-state index in [1.54, 1.807) is 0 Å². The highest BCUT2D eigenvalue weighted by Crippen LogP contribution is 2.52.